The molecule has 1 unspecified atom stereocenters. The zero-order valence-electron chi connectivity index (χ0n) is 14.5. The summed E-state index contributed by atoms with van der Waals surface area (Å²) < 4.78 is 2.17. The zero-order chi connectivity index (χ0) is 18.6. The quantitative estimate of drug-likeness (QED) is 0.437. The lowest BCUT2D eigenvalue weighted by Gasteiger charge is -2.27. The highest BCUT2D eigenvalue weighted by Gasteiger charge is 2.25. The van der Waals surface area contributed by atoms with Crippen LogP contribution in [0.25, 0.3) is 6.08 Å². The predicted octanol–water partition coefficient (Wildman–Crippen LogP) is 6.87. The molecule has 3 aromatic carbocycles. The van der Waals surface area contributed by atoms with Gasteiger partial charge >= 0.3 is 0 Å². The smallest absolute Gasteiger partial charge is 0.0958 e. The third kappa shape index (κ3) is 4.34. The fourth-order valence-electron chi connectivity index (χ4n) is 3.06. The van der Waals surface area contributed by atoms with Crippen molar-refractivity contribution in [2.24, 2.45) is 0 Å². The number of rotatable bonds is 4. The highest BCUT2D eigenvalue weighted by molar-refractivity contribution is 9.10. The Morgan fingerprint density at radius 2 is 1.37 bits per heavy atom. The fraction of sp³-hybridized carbons (Fsp3) is 0.0435. The van der Waals surface area contributed by atoms with E-state index in [0.29, 0.717) is 0 Å². The Labute approximate surface area is 176 Å². The van der Waals surface area contributed by atoms with E-state index in [1.54, 1.807) is 0 Å². The average molecular weight is 482 g/mol. The Morgan fingerprint density at radius 1 is 0.741 bits per heavy atom. The Hall–Kier alpha value is -2.30. The van der Waals surface area contributed by atoms with E-state index in [-0.39, 0.29) is 6.04 Å². The number of hydrogen-bond donors (Lipinski definition) is 1. The van der Waals surface area contributed by atoms with Crippen LogP contribution in [0.15, 0.2) is 106 Å². The molecule has 1 aliphatic rings. The second kappa shape index (κ2) is 8.15. The maximum atomic E-state index is 3.54. The minimum atomic E-state index is 0.130. The van der Waals surface area contributed by atoms with E-state index in [0.717, 1.165) is 20.3 Å². The number of nitrogens with one attached hydrogen (secondary N) is 1. The van der Waals surface area contributed by atoms with Gasteiger partial charge in [-0.05, 0) is 59.7 Å². The maximum absolute atomic E-state index is 3.54. The summed E-state index contributed by atoms with van der Waals surface area (Å²) in [4.78, 5) is 0. The summed E-state index contributed by atoms with van der Waals surface area (Å²) in [5, 5.41) is 2.20. The molecular formula is C23H18Br2N2. The molecule has 0 spiro atoms. The van der Waals surface area contributed by atoms with Gasteiger partial charge in [-0.3, -0.25) is 10.4 Å². The molecule has 4 rings (SSSR count). The molecule has 1 heterocycles. The molecule has 1 atom stereocenters. The van der Waals surface area contributed by atoms with E-state index in [4.69, 9.17) is 0 Å². The monoisotopic (exact) mass is 480 g/mol. The normalized spacial score (nSPS) is 16.4. The molecule has 3 aromatic rings. The van der Waals surface area contributed by atoms with Gasteiger partial charge in [-0.15, -0.1) is 0 Å². The molecule has 1 N–H and O–H groups in total. The first-order chi connectivity index (χ1) is 13.2. The lowest BCUT2D eigenvalue weighted by atomic mass is 10.1. The van der Waals surface area contributed by atoms with Crippen LogP contribution in [0, 0.1) is 0 Å². The number of hydrogen-bond acceptors (Lipinski definition) is 2. The van der Waals surface area contributed by atoms with Crippen LogP contribution in [0.5, 0.6) is 0 Å². The minimum absolute atomic E-state index is 0.130. The molecule has 134 valence electrons. The van der Waals surface area contributed by atoms with Crippen molar-refractivity contribution >= 4 is 43.6 Å². The molecule has 0 saturated heterocycles. The van der Waals surface area contributed by atoms with Gasteiger partial charge in [-0.25, -0.2) is 0 Å². The topological polar surface area (TPSA) is 15.3 Å². The summed E-state index contributed by atoms with van der Waals surface area (Å²) in [7, 11) is 0. The van der Waals surface area contributed by atoms with Crippen molar-refractivity contribution in [1.82, 2.24) is 5.43 Å². The highest BCUT2D eigenvalue weighted by atomic mass is 79.9. The van der Waals surface area contributed by atoms with Gasteiger partial charge in [0.05, 0.1) is 17.4 Å². The van der Waals surface area contributed by atoms with E-state index < -0.39 is 0 Å². The van der Waals surface area contributed by atoms with E-state index in [1.165, 1.54) is 11.1 Å². The molecule has 0 saturated carbocycles. The number of allylic oxidation sites excluding steroid dienone is 1. The lowest BCUT2D eigenvalue weighted by molar-refractivity contribution is 0.709. The van der Waals surface area contributed by atoms with E-state index >= 15 is 0 Å². The van der Waals surface area contributed by atoms with Crippen molar-refractivity contribution in [2.75, 3.05) is 5.01 Å². The second-order valence-electron chi connectivity index (χ2n) is 6.32. The van der Waals surface area contributed by atoms with Crippen molar-refractivity contribution in [3.8, 4) is 0 Å². The summed E-state index contributed by atoms with van der Waals surface area (Å²) in [5.41, 5.74) is 8.15. The van der Waals surface area contributed by atoms with Crippen LogP contribution in [-0.4, -0.2) is 0 Å². The van der Waals surface area contributed by atoms with E-state index in [9.17, 15) is 0 Å². The molecule has 0 aliphatic carbocycles. The largest absolute Gasteiger partial charge is 0.298 e. The van der Waals surface area contributed by atoms with Crippen molar-refractivity contribution in [3.63, 3.8) is 0 Å². The van der Waals surface area contributed by atoms with Crippen LogP contribution in [0.1, 0.15) is 17.2 Å². The molecule has 2 nitrogen and oxygen atoms in total. The van der Waals surface area contributed by atoms with Crippen LogP contribution < -0.4 is 10.4 Å². The van der Waals surface area contributed by atoms with Gasteiger partial charge in [0.1, 0.15) is 0 Å². The van der Waals surface area contributed by atoms with Crippen molar-refractivity contribution < 1.29 is 0 Å². The van der Waals surface area contributed by atoms with Gasteiger partial charge < -0.3 is 0 Å². The SMILES string of the molecule is Brc1ccc(C=CC2=CC(c3ccc(Br)cc3)N(c3ccccc3)N2)cc1. The number of anilines is 1. The molecule has 0 aromatic heterocycles. The summed E-state index contributed by atoms with van der Waals surface area (Å²) in [6.07, 6.45) is 6.50. The van der Waals surface area contributed by atoms with Crippen LogP contribution in [0.3, 0.4) is 0 Å². The second-order valence-corrected chi connectivity index (χ2v) is 8.15. The maximum Gasteiger partial charge on any atom is 0.0958 e. The van der Waals surface area contributed by atoms with Gasteiger partial charge in [-0.1, -0.05) is 80.4 Å². The van der Waals surface area contributed by atoms with Gasteiger partial charge in [-0.2, -0.15) is 0 Å². The third-order valence-electron chi connectivity index (χ3n) is 4.44. The van der Waals surface area contributed by atoms with E-state index in [1.807, 2.05) is 6.07 Å². The zero-order valence-corrected chi connectivity index (χ0v) is 17.7. The molecule has 0 amide bonds. The third-order valence-corrected chi connectivity index (χ3v) is 5.49. The molecule has 0 fully saturated rings. The molecule has 0 bridgehead atoms. The fourth-order valence-corrected chi connectivity index (χ4v) is 3.59. The highest BCUT2D eigenvalue weighted by Crippen LogP contribution is 2.32. The summed E-state index contributed by atoms with van der Waals surface area (Å²) in [6, 6.07) is 27.3. The number of hydrazine groups is 1. The lowest BCUT2D eigenvalue weighted by Crippen LogP contribution is -2.33. The van der Waals surface area contributed by atoms with Crippen molar-refractivity contribution in [1.29, 1.82) is 0 Å². The van der Waals surface area contributed by atoms with Gasteiger partial charge in [0, 0.05) is 8.95 Å². The molecular weight excluding hydrogens is 464 g/mol. The van der Waals surface area contributed by atoms with Crippen LogP contribution >= 0.6 is 31.9 Å². The Kier molecular flexibility index (Phi) is 5.46. The molecule has 27 heavy (non-hydrogen) atoms. The summed E-state index contributed by atoms with van der Waals surface area (Å²) in [5.74, 6) is 0. The Balaban J connectivity index is 1.63. The van der Waals surface area contributed by atoms with Crippen LogP contribution in [0.4, 0.5) is 5.69 Å². The Bertz CT molecular complexity index is 962. The first-order valence-electron chi connectivity index (χ1n) is 8.71. The number of nitrogens with zero attached hydrogens (tertiary/aromatic N) is 1. The first kappa shape index (κ1) is 18.1. The molecule has 1 aliphatic heterocycles. The van der Waals surface area contributed by atoms with Gasteiger partial charge in [0.15, 0.2) is 0 Å². The average Bonchev–Trinajstić information content (AvgIpc) is 3.13. The van der Waals surface area contributed by atoms with E-state index in [2.05, 4.69) is 133 Å². The summed E-state index contributed by atoms with van der Waals surface area (Å²) >= 11 is 7.00. The van der Waals surface area contributed by atoms with Crippen LogP contribution in [0.2, 0.25) is 0 Å². The number of para-hydroxylation sites is 1. The van der Waals surface area contributed by atoms with Crippen molar-refractivity contribution in [3.05, 3.63) is 117 Å². The predicted molar refractivity (Wildman–Crippen MR) is 120 cm³/mol. The minimum Gasteiger partial charge on any atom is -0.298 e. The summed E-state index contributed by atoms with van der Waals surface area (Å²) in [6.45, 7) is 0. The van der Waals surface area contributed by atoms with Crippen molar-refractivity contribution in [2.45, 2.75) is 6.04 Å². The standard InChI is InChI=1S/C23H18Br2N2/c24-19-11-6-17(7-12-19)8-15-21-16-23(18-9-13-20(25)14-10-18)27(26-21)22-4-2-1-3-5-22/h1-16,23,26H. The molecule has 4 heteroatoms. The molecule has 0 radical (unpaired) electrons. The Morgan fingerprint density at radius 3 is 2.04 bits per heavy atom. The number of halogens is 2. The van der Waals surface area contributed by atoms with Gasteiger partial charge in [0.2, 0.25) is 0 Å². The first-order valence-corrected chi connectivity index (χ1v) is 10.3. The number of benzene rings is 3. The van der Waals surface area contributed by atoms with Crippen LogP contribution in [-0.2, 0) is 0 Å². The van der Waals surface area contributed by atoms with Gasteiger partial charge in [0.25, 0.3) is 0 Å².